The molecule has 21 heavy (non-hydrogen) atoms. The number of carbonyl (C=O) groups is 1. The topological polar surface area (TPSA) is 46.5 Å². The van der Waals surface area contributed by atoms with Crippen LogP contribution in [-0.4, -0.2) is 17.7 Å². The molecule has 2 aromatic rings. The van der Waals surface area contributed by atoms with Crippen molar-refractivity contribution in [3.63, 3.8) is 0 Å². The molecule has 0 heterocycles. The summed E-state index contributed by atoms with van der Waals surface area (Å²) in [6.07, 6.45) is 0.127. The van der Waals surface area contributed by atoms with Crippen LogP contribution in [0.15, 0.2) is 48.5 Å². The van der Waals surface area contributed by atoms with Crippen molar-refractivity contribution >= 4 is 5.97 Å². The van der Waals surface area contributed by atoms with Gasteiger partial charge in [-0.05, 0) is 42.3 Å². The van der Waals surface area contributed by atoms with Crippen molar-refractivity contribution in [1.82, 2.24) is 0 Å². The van der Waals surface area contributed by atoms with Crippen molar-refractivity contribution in [2.45, 2.75) is 19.3 Å². The van der Waals surface area contributed by atoms with Crippen LogP contribution in [0.4, 0.5) is 4.39 Å². The molecule has 0 unspecified atom stereocenters. The first-order chi connectivity index (χ1) is 10.1. The van der Waals surface area contributed by atoms with Gasteiger partial charge in [-0.15, -0.1) is 0 Å². The third kappa shape index (κ3) is 4.05. The lowest BCUT2D eigenvalue weighted by Gasteiger charge is -2.17. The Hall–Kier alpha value is -2.36. The molecule has 0 aromatic heterocycles. The smallest absolute Gasteiger partial charge is 0.306 e. The first kappa shape index (κ1) is 15.0. The highest BCUT2D eigenvalue weighted by atomic mass is 19.1. The Bertz CT molecular complexity index is 608. The van der Waals surface area contributed by atoms with E-state index in [0.717, 1.165) is 5.56 Å². The fourth-order valence-corrected chi connectivity index (χ4v) is 2.24. The zero-order chi connectivity index (χ0) is 15.2. The Morgan fingerprint density at radius 3 is 2.52 bits per heavy atom. The van der Waals surface area contributed by atoms with Gasteiger partial charge < -0.3 is 9.84 Å². The highest BCUT2D eigenvalue weighted by molar-refractivity contribution is 5.71. The summed E-state index contributed by atoms with van der Waals surface area (Å²) in [6, 6.07) is 12.7. The van der Waals surface area contributed by atoms with Gasteiger partial charge in [0.15, 0.2) is 0 Å². The fourth-order valence-electron chi connectivity index (χ4n) is 2.24. The minimum absolute atomic E-state index is 0.127. The Labute approximate surface area is 123 Å². The zero-order valence-corrected chi connectivity index (χ0v) is 11.8. The van der Waals surface area contributed by atoms with Crippen LogP contribution in [0.2, 0.25) is 0 Å². The van der Waals surface area contributed by atoms with Gasteiger partial charge in [-0.25, -0.2) is 4.39 Å². The van der Waals surface area contributed by atoms with E-state index in [4.69, 9.17) is 4.74 Å². The predicted octanol–water partition coefficient (Wildman–Crippen LogP) is 3.62. The number of benzene rings is 2. The summed E-state index contributed by atoms with van der Waals surface area (Å²) in [7, 11) is 0. The SMILES string of the molecule is CCOC(=O)C[C@@H](c1ccc(O)cc1)c1cccc(F)c1. The Morgan fingerprint density at radius 1 is 1.19 bits per heavy atom. The Balaban J connectivity index is 2.34. The van der Waals surface area contributed by atoms with Crippen molar-refractivity contribution in [3.8, 4) is 5.75 Å². The summed E-state index contributed by atoms with van der Waals surface area (Å²) in [4.78, 5) is 11.8. The molecule has 0 aliphatic rings. The monoisotopic (exact) mass is 288 g/mol. The number of hydrogen-bond acceptors (Lipinski definition) is 3. The maximum absolute atomic E-state index is 13.4. The quantitative estimate of drug-likeness (QED) is 0.855. The van der Waals surface area contributed by atoms with E-state index in [1.807, 2.05) is 0 Å². The van der Waals surface area contributed by atoms with Gasteiger partial charge >= 0.3 is 5.97 Å². The molecule has 2 rings (SSSR count). The standard InChI is InChI=1S/C17H17FO3/c1-2-21-17(20)11-16(12-6-8-15(19)9-7-12)13-4-3-5-14(18)10-13/h3-10,16,19H,2,11H2,1H3/t16-/m0/s1. The number of phenols is 1. The van der Waals surface area contributed by atoms with Crippen molar-refractivity contribution in [2.24, 2.45) is 0 Å². The molecular weight excluding hydrogens is 271 g/mol. The third-order valence-electron chi connectivity index (χ3n) is 3.22. The lowest BCUT2D eigenvalue weighted by atomic mass is 9.88. The number of ether oxygens (including phenoxy) is 1. The van der Waals surface area contributed by atoms with Crippen LogP contribution in [0, 0.1) is 5.82 Å². The van der Waals surface area contributed by atoms with Crippen LogP contribution in [0.3, 0.4) is 0 Å². The molecule has 0 bridgehead atoms. The molecule has 0 aliphatic carbocycles. The Morgan fingerprint density at radius 2 is 1.90 bits per heavy atom. The van der Waals surface area contributed by atoms with E-state index >= 15 is 0 Å². The summed E-state index contributed by atoms with van der Waals surface area (Å²) < 4.78 is 18.4. The van der Waals surface area contributed by atoms with Gasteiger partial charge in [0.25, 0.3) is 0 Å². The maximum Gasteiger partial charge on any atom is 0.306 e. The number of halogens is 1. The minimum atomic E-state index is -0.347. The second kappa shape index (κ2) is 6.88. The molecule has 0 amide bonds. The van der Waals surface area contributed by atoms with E-state index in [9.17, 15) is 14.3 Å². The first-order valence-electron chi connectivity index (χ1n) is 6.80. The number of esters is 1. The molecule has 0 radical (unpaired) electrons. The lowest BCUT2D eigenvalue weighted by molar-refractivity contribution is -0.143. The first-order valence-corrected chi connectivity index (χ1v) is 6.80. The summed E-state index contributed by atoms with van der Waals surface area (Å²) in [5.41, 5.74) is 1.53. The van der Waals surface area contributed by atoms with Crippen molar-refractivity contribution in [2.75, 3.05) is 6.61 Å². The second-order valence-corrected chi connectivity index (χ2v) is 4.71. The van der Waals surface area contributed by atoms with Gasteiger partial charge in [0.2, 0.25) is 0 Å². The van der Waals surface area contributed by atoms with Crippen LogP contribution >= 0.6 is 0 Å². The molecule has 1 atom stereocenters. The molecule has 110 valence electrons. The molecule has 0 saturated heterocycles. The molecule has 0 spiro atoms. The molecule has 0 aliphatic heterocycles. The molecule has 2 aromatic carbocycles. The van der Waals surface area contributed by atoms with Gasteiger partial charge in [-0.3, -0.25) is 4.79 Å². The number of aromatic hydroxyl groups is 1. The summed E-state index contributed by atoms with van der Waals surface area (Å²) in [5.74, 6) is -0.840. The van der Waals surface area contributed by atoms with E-state index in [0.29, 0.717) is 12.2 Å². The fraction of sp³-hybridized carbons (Fsp3) is 0.235. The lowest BCUT2D eigenvalue weighted by Crippen LogP contribution is -2.11. The third-order valence-corrected chi connectivity index (χ3v) is 3.22. The number of carbonyl (C=O) groups excluding carboxylic acids is 1. The second-order valence-electron chi connectivity index (χ2n) is 4.71. The molecule has 3 nitrogen and oxygen atoms in total. The van der Waals surface area contributed by atoms with Gasteiger partial charge in [0.05, 0.1) is 13.0 Å². The van der Waals surface area contributed by atoms with Gasteiger partial charge in [0.1, 0.15) is 11.6 Å². The molecule has 4 heteroatoms. The van der Waals surface area contributed by atoms with Crippen LogP contribution in [0.1, 0.15) is 30.4 Å². The molecule has 1 N–H and O–H groups in total. The average molecular weight is 288 g/mol. The number of hydrogen-bond donors (Lipinski definition) is 1. The number of rotatable bonds is 5. The van der Waals surface area contributed by atoms with Crippen molar-refractivity contribution < 1.29 is 19.0 Å². The molecule has 0 fully saturated rings. The van der Waals surface area contributed by atoms with Crippen LogP contribution in [0.25, 0.3) is 0 Å². The van der Waals surface area contributed by atoms with Crippen LogP contribution in [-0.2, 0) is 9.53 Å². The summed E-state index contributed by atoms with van der Waals surface area (Å²) >= 11 is 0. The van der Waals surface area contributed by atoms with E-state index in [-0.39, 0.29) is 29.9 Å². The summed E-state index contributed by atoms with van der Waals surface area (Å²) in [6.45, 7) is 2.06. The highest BCUT2D eigenvalue weighted by Crippen LogP contribution is 2.30. The largest absolute Gasteiger partial charge is 0.508 e. The normalized spacial score (nSPS) is 11.9. The minimum Gasteiger partial charge on any atom is -0.508 e. The van der Waals surface area contributed by atoms with Crippen molar-refractivity contribution in [1.29, 1.82) is 0 Å². The summed E-state index contributed by atoms with van der Waals surface area (Å²) in [5, 5.41) is 9.37. The van der Waals surface area contributed by atoms with Crippen LogP contribution in [0.5, 0.6) is 5.75 Å². The zero-order valence-electron chi connectivity index (χ0n) is 11.8. The van der Waals surface area contributed by atoms with Crippen molar-refractivity contribution in [3.05, 3.63) is 65.5 Å². The van der Waals surface area contributed by atoms with Crippen LogP contribution < -0.4 is 0 Å². The average Bonchev–Trinajstić information content (AvgIpc) is 2.46. The molecular formula is C17H17FO3. The predicted molar refractivity (Wildman–Crippen MR) is 77.6 cm³/mol. The van der Waals surface area contributed by atoms with E-state index in [1.165, 1.54) is 12.1 Å². The Kier molecular flexibility index (Phi) is 4.93. The van der Waals surface area contributed by atoms with E-state index < -0.39 is 0 Å². The highest BCUT2D eigenvalue weighted by Gasteiger charge is 2.19. The number of phenolic OH excluding ortho intramolecular Hbond substituents is 1. The maximum atomic E-state index is 13.4. The molecule has 0 saturated carbocycles. The van der Waals surface area contributed by atoms with E-state index in [1.54, 1.807) is 43.3 Å². The van der Waals surface area contributed by atoms with Gasteiger partial charge in [0, 0.05) is 5.92 Å². The van der Waals surface area contributed by atoms with E-state index in [2.05, 4.69) is 0 Å². The van der Waals surface area contributed by atoms with Gasteiger partial charge in [-0.1, -0.05) is 24.3 Å². The van der Waals surface area contributed by atoms with Gasteiger partial charge in [-0.2, -0.15) is 0 Å².